The molecule has 0 bridgehead atoms. The Morgan fingerprint density at radius 3 is 2.72 bits per heavy atom. The highest BCUT2D eigenvalue weighted by atomic mass is 35.5. The molecule has 2 aromatic carbocycles. The minimum Gasteiger partial charge on any atom is -0.319 e. The van der Waals surface area contributed by atoms with Crippen molar-refractivity contribution < 1.29 is 14.0 Å². The van der Waals surface area contributed by atoms with Gasteiger partial charge >= 0.3 is 0 Å². The maximum absolute atomic E-state index is 14.1. The van der Waals surface area contributed by atoms with Crippen molar-refractivity contribution in [2.45, 2.75) is 13.3 Å². The average molecular weight is 357 g/mol. The fourth-order valence-corrected chi connectivity index (χ4v) is 2.80. The van der Waals surface area contributed by atoms with Crippen LogP contribution < -0.4 is 5.32 Å². The van der Waals surface area contributed by atoms with Gasteiger partial charge in [0, 0.05) is 18.0 Å². The number of carbonyl (C=O) groups is 2. The molecule has 0 fully saturated rings. The molecule has 0 radical (unpaired) electrons. The van der Waals surface area contributed by atoms with E-state index in [-0.39, 0.29) is 34.2 Å². The summed E-state index contributed by atoms with van der Waals surface area (Å²) in [6, 6.07) is 11.6. The van der Waals surface area contributed by atoms with E-state index in [1.807, 2.05) is 18.2 Å². The highest BCUT2D eigenvalue weighted by molar-refractivity contribution is 6.34. The van der Waals surface area contributed by atoms with Crippen molar-refractivity contribution in [1.29, 1.82) is 0 Å². The minimum absolute atomic E-state index is 0.0509. The van der Waals surface area contributed by atoms with E-state index in [4.69, 9.17) is 11.6 Å². The zero-order valence-corrected chi connectivity index (χ0v) is 14.1. The van der Waals surface area contributed by atoms with E-state index in [2.05, 4.69) is 10.3 Å². The number of aromatic nitrogens is 1. The van der Waals surface area contributed by atoms with E-state index in [1.54, 1.807) is 12.1 Å². The number of halogens is 2. The van der Waals surface area contributed by atoms with E-state index >= 15 is 0 Å². The van der Waals surface area contributed by atoms with Gasteiger partial charge in [-0.05, 0) is 36.1 Å². The number of nitrogens with zero attached hydrogens (tertiary/aromatic N) is 1. The molecule has 1 N–H and O–H groups in total. The molecule has 0 aliphatic heterocycles. The zero-order chi connectivity index (χ0) is 18.0. The van der Waals surface area contributed by atoms with Gasteiger partial charge in [0.1, 0.15) is 17.3 Å². The second kappa shape index (κ2) is 6.99. The van der Waals surface area contributed by atoms with Gasteiger partial charge in [0.25, 0.3) is 5.91 Å². The Morgan fingerprint density at radius 2 is 1.96 bits per heavy atom. The molecule has 3 aromatic rings. The Hall–Kier alpha value is -2.79. The Morgan fingerprint density at radius 1 is 1.20 bits per heavy atom. The Labute approximate surface area is 148 Å². The van der Waals surface area contributed by atoms with Crippen LogP contribution in [-0.4, -0.2) is 16.7 Å². The normalized spacial score (nSPS) is 10.7. The van der Waals surface area contributed by atoms with E-state index in [1.165, 1.54) is 19.2 Å². The first-order valence-corrected chi connectivity index (χ1v) is 7.96. The van der Waals surface area contributed by atoms with Crippen LogP contribution in [0.3, 0.4) is 0 Å². The second-order valence-corrected chi connectivity index (χ2v) is 6.04. The predicted octanol–water partition coefficient (Wildman–Crippen LogP) is 4.41. The molecule has 1 aromatic heterocycles. The molecular weight excluding hydrogens is 343 g/mol. The number of nitrogens with one attached hydrogen (secondary N) is 1. The molecule has 0 saturated carbocycles. The molecule has 0 aliphatic rings. The lowest BCUT2D eigenvalue weighted by molar-refractivity contribution is -0.116. The highest BCUT2D eigenvalue weighted by Crippen LogP contribution is 2.27. The summed E-state index contributed by atoms with van der Waals surface area (Å²) in [5, 5.41) is 4.30. The molecule has 0 spiro atoms. The number of fused-ring (bicyclic) bond motifs is 1. The molecule has 0 aliphatic carbocycles. The molecule has 25 heavy (non-hydrogen) atoms. The number of benzene rings is 2. The predicted molar refractivity (Wildman–Crippen MR) is 95.5 cm³/mol. The van der Waals surface area contributed by atoms with E-state index in [0.29, 0.717) is 5.39 Å². The van der Waals surface area contributed by atoms with Gasteiger partial charge in [0.05, 0.1) is 10.7 Å². The van der Waals surface area contributed by atoms with Crippen molar-refractivity contribution in [3.63, 3.8) is 0 Å². The number of hydrogen-bond donors (Lipinski definition) is 1. The summed E-state index contributed by atoms with van der Waals surface area (Å²) in [7, 11) is 0. The fraction of sp³-hybridized carbons (Fsp3) is 0.105. The van der Waals surface area contributed by atoms with Gasteiger partial charge in [-0.15, -0.1) is 0 Å². The van der Waals surface area contributed by atoms with Crippen LogP contribution in [0.5, 0.6) is 0 Å². The summed E-state index contributed by atoms with van der Waals surface area (Å²) in [6.07, 6.45) is 1.49. The van der Waals surface area contributed by atoms with Gasteiger partial charge in [0.15, 0.2) is 0 Å². The molecule has 4 nitrogen and oxygen atoms in total. The lowest BCUT2D eigenvalue weighted by Gasteiger charge is -2.11. The average Bonchev–Trinajstić information content (AvgIpc) is 2.58. The molecule has 1 amide bonds. The maximum Gasteiger partial charge on any atom is 0.274 e. The van der Waals surface area contributed by atoms with Crippen LogP contribution >= 0.6 is 11.6 Å². The van der Waals surface area contributed by atoms with Crippen LogP contribution in [0.15, 0.2) is 48.7 Å². The maximum atomic E-state index is 14.1. The van der Waals surface area contributed by atoms with Gasteiger partial charge in [0.2, 0.25) is 0 Å². The summed E-state index contributed by atoms with van der Waals surface area (Å²) in [5.74, 6) is -1.26. The van der Waals surface area contributed by atoms with Crippen LogP contribution in [0, 0.1) is 5.82 Å². The first-order valence-electron chi connectivity index (χ1n) is 7.58. The topological polar surface area (TPSA) is 59.1 Å². The fourth-order valence-electron chi connectivity index (χ4n) is 2.57. The van der Waals surface area contributed by atoms with Gasteiger partial charge in [-0.1, -0.05) is 35.9 Å². The first kappa shape index (κ1) is 17.0. The smallest absolute Gasteiger partial charge is 0.274 e. The quantitative estimate of drug-likeness (QED) is 0.753. The molecular formula is C19H14ClFN2O2. The molecule has 0 atom stereocenters. The Kier molecular flexibility index (Phi) is 4.76. The summed E-state index contributed by atoms with van der Waals surface area (Å²) in [4.78, 5) is 27.8. The third-order valence-electron chi connectivity index (χ3n) is 3.71. The number of Topliss-reactive ketones (excluding diaryl/α,β-unsaturated/α-hetero) is 1. The largest absolute Gasteiger partial charge is 0.319 e. The van der Waals surface area contributed by atoms with Crippen LogP contribution in [-0.2, 0) is 11.2 Å². The molecule has 1 heterocycles. The number of anilines is 1. The number of ketones is 1. The van der Waals surface area contributed by atoms with E-state index in [9.17, 15) is 14.0 Å². The summed E-state index contributed by atoms with van der Waals surface area (Å²) in [5.41, 5.74) is 0.548. The van der Waals surface area contributed by atoms with Crippen LogP contribution in [0.1, 0.15) is 23.0 Å². The monoisotopic (exact) mass is 356 g/mol. The van der Waals surface area contributed by atoms with Crippen molar-refractivity contribution >= 4 is 39.8 Å². The third-order valence-corrected chi connectivity index (χ3v) is 4.03. The van der Waals surface area contributed by atoms with Crippen molar-refractivity contribution in [2.24, 2.45) is 0 Å². The third kappa shape index (κ3) is 3.67. The van der Waals surface area contributed by atoms with Gasteiger partial charge in [-0.2, -0.15) is 0 Å². The van der Waals surface area contributed by atoms with E-state index < -0.39 is 11.7 Å². The molecule has 3 rings (SSSR count). The molecule has 126 valence electrons. The number of pyridine rings is 1. The minimum atomic E-state index is -0.597. The Bertz CT molecular complexity index is 983. The highest BCUT2D eigenvalue weighted by Gasteiger charge is 2.16. The number of carbonyl (C=O) groups excluding carboxylic acids is 2. The van der Waals surface area contributed by atoms with Crippen molar-refractivity contribution in [2.75, 3.05) is 5.32 Å². The van der Waals surface area contributed by atoms with Gasteiger partial charge in [-0.25, -0.2) is 4.39 Å². The Balaban J connectivity index is 1.93. The number of hydrogen-bond acceptors (Lipinski definition) is 3. The standard InChI is InChI=1S/C19H14ClFN2O2/c1-11(24)8-13-9-15(20)17(10-16(13)21)23-19(25)18-14-5-3-2-4-12(14)6-7-22-18/h2-7,9-10H,8H2,1H3,(H,23,25). The summed E-state index contributed by atoms with van der Waals surface area (Å²) < 4.78 is 14.1. The first-order chi connectivity index (χ1) is 12.0. The van der Waals surface area contributed by atoms with Gasteiger partial charge in [-0.3, -0.25) is 14.6 Å². The SMILES string of the molecule is CC(=O)Cc1cc(Cl)c(NC(=O)c2nccc3ccccc23)cc1F. The number of amides is 1. The summed E-state index contributed by atoms with van der Waals surface area (Å²) in [6.45, 7) is 1.37. The molecule has 0 unspecified atom stereocenters. The van der Waals surface area contributed by atoms with Crippen LogP contribution in [0.2, 0.25) is 5.02 Å². The lowest BCUT2D eigenvalue weighted by Crippen LogP contribution is -2.15. The summed E-state index contributed by atoms with van der Waals surface area (Å²) >= 11 is 6.12. The number of rotatable bonds is 4. The second-order valence-electron chi connectivity index (χ2n) is 5.64. The molecule has 6 heteroatoms. The molecule has 0 saturated heterocycles. The van der Waals surface area contributed by atoms with Gasteiger partial charge < -0.3 is 5.32 Å². The van der Waals surface area contributed by atoms with Crippen LogP contribution in [0.4, 0.5) is 10.1 Å². The van der Waals surface area contributed by atoms with Crippen molar-refractivity contribution in [1.82, 2.24) is 4.98 Å². The van der Waals surface area contributed by atoms with Crippen molar-refractivity contribution in [3.05, 3.63) is 70.8 Å². The van der Waals surface area contributed by atoms with Crippen molar-refractivity contribution in [3.8, 4) is 0 Å². The zero-order valence-electron chi connectivity index (χ0n) is 13.3. The lowest BCUT2D eigenvalue weighted by atomic mass is 10.1. The van der Waals surface area contributed by atoms with Crippen LogP contribution in [0.25, 0.3) is 10.8 Å². The van der Waals surface area contributed by atoms with E-state index in [0.717, 1.165) is 11.5 Å².